The molecular weight excluding hydrogens is 420 g/mol. The Kier molecular flexibility index (Phi) is 6.84. The average Bonchev–Trinajstić information content (AvgIpc) is 2.79. The summed E-state index contributed by atoms with van der Waals surface area (Å²) in [6.45, 7) is 2.99. The van der Waals surface area contributed by atoms with Crippen LogP contribution in [0.4, 0.5) is 5.69 Å². The number of esters is 1. The SMILES string of the molecule is COC(=O)c1ccc(C)c(NS(=O)(=O)c2ccc(OC)c(C(=O)N3CCCCC3)c2)c1. The zero-order chi connectivity index (χ0) is 22.6. The highest BCUT2D eigenvalue weighted by atomic mass is 32.2. The molecule has 2 aromatic rings. The molecule has 3 rings (SSSR count). The summed E-state index contributed by atoms with van der Waals surface area (Å²) in [7, 11) is -1.33. The van der Waals surface area contributed by atoms with Crippen LogP contribution in [-0.4, -0.2) is 52.5 Å². The standard InChI is InChI=1S/C22H26N2O6S/c1-15-7-8-16(22(26)30-3)13-19(15)23-31(27,28)17-9-10-20(29-2)18(14-17)21(25)24-11-5-4-6-12-24/h7-10,13-14,23H,4-6,11-12H2,1-3H3. The summed E-state index contributed by atoms with van der Waals surface area (Å²) in [5.41, 5.74) is 1.31. The lowest BCUT2D eigenvalue weighted by Crippen LogP contribution is -2.35. The Hall–Kier alpha value is -3.07. The molecule has 1 heterocycles. The summed E-state index contributed by atoms with van der Waals surface area (Å²) < 4.78 is 38.6. The number of carbonyl (C=O) groups excluding carboxylic acids is 2. The van der Waals surface area contributed by atoms with E-state index in [9.17, 15) is 18.0 Å². The fraction of sp³-hybridized carbons (Fsp3) is 0.364. The highest BCUT2D eigenvalue weighted by Crippen LogP contribution is 2.27. The second-order valence-corrected chi connectivity index (χ2v) is 9.02. The number of hydrogen-bond acceptors (Lipinski definition) is 6. The first-order valence-electron chi connectivity index (χ1n) is 9.96. The number of piperidine rings is 1. The highest BCUT2D eigenvalue weighted by Gasteiger charge is 2.25. The van der Waals surface area contributed by atoms with Gasteiger partial charge in [0.05, 0.1) is 35.9 Å². The van der Waals surface area contributed by atoms with Crippen molar-refractivity contribution in [2.24, 2.45) is 0 Å². The predicted octanol–water partition coefficient (Wildman–Crippen LogP) is 3.22. The number of benzene rings is 2. The van der Waals surface area contributed by atoms with Crippen LogP contribution in [0.3, 0.4) is 0 Å². The van der Waals surface area contributed by atoms with Gasteiger partial charge in [0.2, 0.25) is 0 Å². The Balaban J connectivity index is 1.94. The van der Waals surface area contributed by atoms with E-state index < -0.39 is 16.0 Å². The van der Waals surface area contributed by atoms with Crippen molar-refractivity contribution in [1.29, 1.82) is 0 Å². The molecule has 8 nitrogen and oxygen atoms in total. The van der Waals surface area contributed by atoms with Gasteiger partial charge in [0.15, 0.2) is 0 Å². The van der Waals surface area contributed by atoms with Crippen molar-refractivity contribution in [1.82, 2.24) is 4.90 Å². The maximum atomic E-state index is 13.1. The summed E-state index contributed by atoms with van der Waals surface area (Å²) in [6.07, 6.45) is 2.91. The molecule has 1 saturated heterocycles. The van der Waals surface area contributed by atoms with Crippen LogP contribution in [0.15, 0.2) is 41.3 Å². The first kappa shape index (κ1) is 22.6. The molecule has 0 aromatic heterocycles. The molecule has 2 aromatic carbocycles. The van der Waals surface area contributed by atoms with Crippen molar-refractivity contribution < 1.29 is 27.5 Å². The topological polar surface area (TPSA) is 102 Å². The second-order valence-electron chi connectivity index (χ2n) is 7.34. The van der Waals surface area contributed by atoms with Gasteiger partial charge in [0.1, 0.15) is 5.75 Å². The number of methoxy groups -OCH3 is 2. The van der Waals surface area contributed by atoms with Crippen LogP contribution < -0.4 is 9.46 Å². The number of nitrogens with one attached hydrogen (secondary N) is 1. The van der Waals surface area contributed by atoms with E-state index >= 15 is 0 Å². The quantitative estimate of drug-likeness (QED) is 0.684. The molecule has 0 bridgehead atoms. The van der Waals surface area contributed by atoms with Crippen LogP contribution in [0.5, 0.6) is 5.75 Å². The van der Waals surface area contributed by atoms with Crippen molar-refractivity contribution in [3.05, 3.63) is 53.1 Å². The molecule has 9 heteroatoms. The molecule has 0 saturated carbocycles. The smallest absolute Gasteiger partial charge is 0.337 e. The number of hydrogen-bond donors (Lipinski definition) is 1. The monoisotopic (exact) mass is 446 g/mol. The Morgan fingerprint density at radius 1 is 1.00 bits per heavy atom. The van der Waals surface area contributed by atoms with E-state index in [4.69, 9.17) is 9.47 Å². The number of ether oxygens (including phenoxy) is 2. The van der Waals surface area contributed by atoms with Crippen molar-refractivity contribution in [2.45, 2.75) is 31.1 Å². The molecule has 166 valence electrons. The summed E-state index contributed by atoms with van der Waals surface area (Å²) in [6, 6.07) is 8.79. The van der Waals surface area contributed by atoms with Gasteiger partial charge in [0.25, 0.3) is 15.9 Å². The van der Waals surface area contributed by atoms with Crippen LogP contribution in [0.1, 0.15) is 45.5 Å². The number of carbonyl (C=O) groups is 2. The molecule has 0 radical (unpaired) electrons. The van der Waals surface area contributed by atoms with Gasteiger partial charge >= 0.3 is 5.97 Å². The summed E-state index contributed by atoms with van der Waals surface area (Å²) >= 11 is 0. The Labute approximate surface area is 182 Å². The Morgan fingerprint density at radius 2 is 1.71 bits per heavy atom. The van der Waals surface area contributed by atoms with E-state index in [1.807, 2.05) is 0 Å². The summed E-state index contributed by atoms with van der Waals surface area (Å²) in [4.78, 5) is 26.4. The maximum Gasteiger partial charge on any atom is 0.337 e. The van der Waals surface area contributed by atoms with Crippen LogP contribution in [-0.2, 0) is 14.8 Å². The normalized spacial score (nSPS) is 14.1. The van der Waals surface area contributed by atoms with Crippen molar-refractivity contribution >= 4 is 27.6 Å². The fourth-order valence-corrected chi connectivity index (χ4v) is 4.62. The van der Waals surface area contributed by atoms with Gasteiger partial charge in [0, 0.05) is 13.1 Å². The number of amides is 1. The van der Waals surface area contributed by atoms with Crippen molar-refractivity contribution in [3.8, 4) is 5.75 Å². The predicted molar refractivity (Wildman–Crippen MR) is 116 cm³/mol. The van der Waals surface area contributed by atoms with E-state index in [1.54, 1.807) is 24.0 Å². The highest BCUT2D eigenvalue weighted by molar-refractivity contribution is 7.92. The molecule has 0 spiro atoms. The number of sulfonamides is 1. The van der Waals surface area contributed by atoms with Gasteiger partial charge < -0.3 is 14.4 Å². The van der Waals surface area contributed by atoms with Crippen LogP contribution >= 0.6 is 0 Å². The largest absolute Gasteiger partial charge is 0.496 e. The second kappa shape index (κ2) is 9.38. The minimum Gasteiger partial charge on any atom is -0.496 e. The lowest BCUT2D eigenvalue weighted by atomic mass is 10.1. The molecule has 1 aliphatic rings. The third-order valence-corrected chi connectivity index (χ3v) is 6.62. The molecule has 1 amide bonds. The van der Waals surface area contributed by atoms with Gasteiger partial charge in [-0.25, -0.2) is 13.2 Å². The third-order valence-electron chi connectivity index (χ3n) is 5.26. The molecule has 0 aliphatic carbocycles. The van der Waals surface area contributed by atoms with Gasteiger partial charge in [-0.15, -0.1) is 0 Å². The van der Waals surface area contributed by atoms with E-state index in [-0.39, 0.29) is 27.6 Å². The minimum absolute atomic E-state index is 0.0727. The van der Waals surface area contributed by atoms with Crippen LogP contribution in [0, 0.1) is 6.92 Å². The van der Waals surface area contributed by atoms with Crippen molar-refractivity contribution in [2.75, 3.05) is 32.0 Å². The Bertz CT molecular complexity index is 1090. The molecular formula is C22H26N2O6S. The lowest BCUT2D eigenvalue weighted by Gasteiger charge is -2.27. The number of rotatable bonds is 6. The van der Waals surface area contributed by atoms with Crippen LogP contribution in [0.25, 0.3) is 0 Å². The van der Waals surface area contributed by atoms with E-state index in [2.05, 4.69) is 4.72 Å². The third kappa shape index (κ3) is 4.99. The lowest BCUT2D eigenvalue weighted by molar-refractivity contribution is 0.0600. The molecule has 0 unspecified atom stereocenters. The average molecular weight is 447 g/mol. The van der Waals surface area contributed by atoms with Gasteiger partial charge in [-0.3, -0.25) is 9.52 Å². The summed E-state index contributed by atoms with van der Waals surface area (Å²) in [5, 5.41) is 0. The van der Waals surface area contributed by atoms with Crippen LogP contribution in [0.2, 0.25) is 0 Å². The molecule has 1 N–H and O–H groups in total. The van der Waals surface area contributed by atoms with Gasteiger partial charge in [-0.05, 0) is 62.1 Å². The van der Waals surface area contributed by atoms with Crippen molar-refractivity contribution in [3.63, 3.8) is 0 Å². The van der Waals surface area contributed by atoms with Gasteiger partial charge in [-0.1, -0.05) is 6.07 Å². The molecule has 1 aliphatic heterocycles. The number of aryl methyl sites for hydroxylation is 1. The first-order chi connectivity index (χ1) is 14.8. The van der Waals surface area contributed by atoms with E-state index in [1.165, 1.54) is 38.5 Å². The fourth-order valence-electron chi connectivity index (χ4n) is 3.47. The van der Waals surface area contributed by atoms with E-state index in [0.717, 1.165) is 19.3 Å². The van der Waals surface area contributed by atoms with E-state index in [0.29, 0.717) is 24.4 Å². The molecule has 1 fully saturated rings. The summed E-state index contributed by atoms with van der Waals surface area (Å²) in [5.74, 6) is -0.504. The van der Waals surface area contributed by atoms with Gasteiger partial charge in [-0.2, -0.15) is 0 Å². The zero-order valence-corrected chi connectivity index (χ0v) is 18.6. The Morgan fingerprint density at radius 3 is 2.35 bits per heavy atom. The zero-order valence-electron chi connectivity index (χ0n) is 17.8. The number of anilines is 1. The molecule has 0 atom stereocenters. The number of likely N-dealkylation sites (tertiary alicyclic amines) is 1. The first-order valence-corrected chi connectivity index (χ1v) is 11.4. The maximum absolute atomic E-state index is 13.1. The minimum atomic E-state index is -4.03. The number of nitrogens with zero attached hydrogens (tertiary/aromatic N) is 1. The molecule has 31 heavy (non-hydrogen) atoms.